The van der Waals surface area contributed by atoms with Crippen molar-refractivity contribution in [3.63, 3.8) is 0 Å². The van der Waals surface area contributed by atoms with Crippen LogP contribution >= 0.6 is 11.3 Å². The zero-order valence-electron chi connectivity index (χ0n) is 9.53. The number of anilines is 1. The van der Waals surface area contributed by atoms with Gasteiger partial charge in [0.15, 0.2) is 5.13 Å². The highest BCUT2D eigenvalue weighted by Crippen LogP contribution is 2.26. The van der Waals surface area contributed by atoms with Crippen LogP contribution in [0.25, 0.3) is 0 Å². The topological polar surface area (TPSA) is 59.2 Å². The number of nitrogens with zero attached hydrogens (tertiary/aromatic N) is 2. The van der Waals surface area contributed by atoms with Crippen molar-refractivity contribution >= 4 is 22.4 Å². The summed E-state index contributed by atoms with van der Waals surface area (Å²) in [5.41, 5.74) is 6.51. The van der Waals surface area contributed by atoms with Crippen LogP contribution in [0.1, 0.15) is 41.6 Å². The third kappa shape index (κ3) is 2.19. The van der Waals surface area contributed by atoms with E-state index >= 15 is 0 Å². The quantitative estimate of drug-likeness (QED) is 0.816. The van der Waals surface area contributed by atoms with Crippen LogP contribution in [0, 0.1) is 0 Å². The van der Waals surface area contributed by atoms with E-state index in [2.05, 4.69) is 11.9 Å². The molecule has 0 bridgehead atoms. The second kappa shape index (κ2) is 4.82. The van der Waals surface area contributed by atoms with Gasteiger partial charge in [0.1, 0.15) is 4.88 Å². The molecule has 1 aromatic heterocycles. The summed E-state index contributed by atoms with van der Waals surface area (Å²) >= 11 is 1.32. The summed E-state index contributed by atoms with van der Waals surface area (Å²) in [4.78, 5) is 18.9. The number of unbranched alkanes of at least 4 members (excludes halogenated alkanes) is 2. The van der Waals surface area contributed by atoms with Crippen molar-refractivity contribution in [3.05, 3.63) is 10.6 Å². The summed E-state index contributed by atoms with van der Waals surface area (Å²) in [6.07, 6.45) is 4.30. The number of carbonyl (C=O) groups is 1. The van der Waals surface area contributed by atoms with Crippen molar-refractivity contribution in [2.45, 2.75) is 32.6 Å². The normalized spacial score (nSPS) is 15.3. The molecule has 0 radical (unpaired) electrons. The van der Waals surface area contributed by atoms with Crippen LogP contribution in [0.2, 0.25) is 0 Å². The molecule has 5 heteroatoms. The van der Waals surface area contributed by atoms with E-state index in [4.69, 9.17) is 5.73 Å². The molecule has 1 amide bonds. The number of amides is 1. The Morgan fingerprint density at radius 2 is 2.31 bits per heavy atom. The van der Waals surface area contributed by atoms with Gasteiger partial charge in [-0.1, -0.05) is 31.1 Å². The maximum Gasteiger partial charge on any atom is 0.265 e. The molecule has 88 valence electrons. The largest absolute Gasteiger partial charge is 0.375 e. The Hall–Kier alpha value is -1.10. The first-order valence-electron chi connectivity index (χ1n) is 5.76. The SMILES string of the molecule is CCCCCN1CCc2nc(N)sc2C1=O. The zero-order chi connectivity index (χ0) is 11.5. The molecule has 1 aliphatic heterocycles. The summed E-state index contributed by atoms with van der Waals surface area (Å²) < 4.78 is 0. The van der Waals surface area contributed by atoms with Crippen LogP contribution < -0.4 is 5.73 Å². The van der Waals surface area contributed by atoms with Crippen molar-refractivity contribution in [2.75, 3.05) is 18.8 Å². The van der Waals surface area contributed by atoms with Gasteiger partial charge in [-0.05, 0) is 6.42 Å². The van der Waals surface area contributed by atoms with E-state index < -0.39 is 0 Å². The van der Waals surface area contributed by atoms with E-state index in [1.165, 1.54) is 24.2 Å². The Balaban J connectivity index is 2.03. The molecule has 2 heterocycles. The van der Waals surface area contributed by atoms with Crippen LogP contribution in [0.15, 0.2) is 0 Å². The highest BCUT2D eigenvalue weighted by Gasteiger charge is 2.27. The Bertz CT molecular complexity index is 389. The van der Waals surface area contributed by atoms with Gasteiger partial charge in [0, 0.05) is 19.5 Å². The number of hydrogen-bond donors (Lipinski definition) is 1. The molecule has 1 aliphatic rings. The molecule has 0 unspecified atom stereocenters. The summed E-state index contributed by atoms with van der Waals surface area (Å²) in [7, 11) is 0. The highest BCUT2D eigenvalue weighted by atomic mass is 32.1. The van der Waals surface area contributed by atoms with E-state index in [0.29, 0.717) is 5.13 Å². The molecule has 4 nitrogen and oxygen atoms in total. The summed E-state index contributed by atoms with van der Waals surface area (Å²) in [5, 5.41) is 0.508. The average Bonchev–Trinajstić information content (AvgIpc) is 2.64. The molecule has 1 aromatic rings. The second-order valence-corrected chi connectivity index (χ2v) is 5.11. The maximum absolute atomic E-state index is 12.1. The Labute approximate surface area is 99.5 Å². The predicted molar refractivity (Wildman–Crippen MR) is 65.7 cm³/mol. The average molecular weight is 239 g/mol. The highest BCUT2D eigenvalue weighted by molar-refractivity contribution is 7.17. The molecule has 0 saturated carbocycles. The van der Waals surface area contributed by atoms with Crippen molar-refractivity contribution in [2.24, 2.45) is 0 Å². The van der Waals surface area contributed by atoms with Gasteiger partial charge in [0.2, 0.25) is 0 Å². The first kappa shape index (κ1) is 11.4. The zero-order valence-corrected chi connectivity index (χ0v) is 10.3. The molecular formula is C11H17N3OS. The van der Waals surface area contributed by atoms with Gasteiger partial charge in [-0.2, -0.15) is 0 Å². The molecule has 0 fully saturated rings. The molecule has 0 aromatic carbocycles. The fraction of sp³-hybridized carbons (Fsp3) is 0.636. The Kier molecular flexibility index (Phi) is 3.43. The standard InChI is InChI=1S/C11H17N3OS/c1-2-3-4-6-14-7-5-8-9(10(14)15)16-11(12)13-8/h2-7H2,1H3,(H2,12,13). The molecule has 0 aliphatic carbocycles. The molecule has 0 saturated heterocycles. The van der Waals surface area contributed by atoms with Gasteiger partial charge >= 0.3 is 0 Å². The van der Waals surface area contributed by atoms with E-state index in [1.54, 1.807) is 0 Å². The monoisotopic (exact) mass is 239 g/mol. The number of thiazole rings is 1. The summed E-state index contributed by atoms with van der Waals surface area (Å²) in [5.74, 6) is 0.117. The Morgan fingerprint density at radius 1 is 1.50 bits per heavy atom. The van der Waals surface area contributed by atoms with Crippen LogP contribution in [-0.4, -0.2) is 28.9 Å². The van der Waals surface area contributed by atoms with Crippen LogP contribution in [0.5, 0.6) is 0 Å². The molecule has 0 spiro atoms. The van der Waals surface area contributed by atoms with Crippen LogP contribution in [0.4, 0.5) is 5.13 Å². The first-order chi connectivity index (χ1) is 7.72. The third-order valence-electron chi connectivity index (χ3n) is 2.85. The lowest BCUT2D eigenvalue weighted by Crippen LogP contribution is -2.37. The van der Waals surface area contributed by atoms with Gasteiger partial charge in [-0.15, -0.1) is 0 Å². The van der Waals surface area contributed by atoms with Crippen LogP contribution in [-0.2, 0) is 6.42 Å². The minimum absolute atomic E-state index is 0.117. The van der Waals surface area contributed by atoms with E-state index in [0.717, 1.165) is 36.5 Å². The van der Waals surface area contributed by atoms with E-state index in [-0.39, 0.29) is 5.91 Å². The number of nitrogen functional groups attached to an aromatic ring is 1. The van der Waals surface area contributed by atoms with Crippen molar-refractivity contribution < 1.29 is 4.79 Å². The fourth-order valence-electron chi connectivity index (χ4n) is 1.96. The first-order valence-corrected chi connectivity index (χ1v) is 6.58. The number of rotatable bonds is 4. The fourth-order valence-corrected chi connectivity index (χ4v) is 2.81. The molecule has 16 heavy (non-hydrogen) atoms. The lowest BCUT2D eigenvalue weighted by Gasteiger charge is -2.25. The minimum atomic E-state index is 0.117. The molecule has 2 N–H and O–H groups in total. The van der Waals surface area contributed by atoms with Crippen molar-refractivity contribution in [1.82, 2.24) is 9.88 Å². The van der Waals surface area contributed by atoms with E-state index in [9.17, 15) is 4.79 Å². The second-order valence-electron chi connectivity index (χ2n) is 4.08. The number of nitrogens with two attached hydrogens (primary N) is 1. The number of aromatic nitrogens is 1. The van der Waals surface area contributed by atoms with Gasteiger partial charge in [-0.3, -0.25) is 4.79 Å². The van der Waals surface area contributed by atoms with E-state index in [1.807, 2.05) is 4.90 Å². The smallest absolute Gasteiger partial charge is 0.265 e. The van der Waals surface area contributed by atoms with Gasteiger partial charge in [0.05, 0.1) is 5.69 Å². The molecule has 2 rings (SSSR count). The summed E-state index contributed by atoms with van der Waals surface area (Å²) in [6.45, 7) is 3.82. The third-order valence-corrected chi connectivity index (χ3v) is 3.76. The summed E-state index contributed by atoms with van der Waals surface area (Å²) in [6, 6.07) is 0. The Morgan fingerprint density at radius 3 is 3.06 bits per heavy atom. The molecule has 0 atom stereocenters. The number of hydrogen-bond acceptors (Lipinski definition) is 4. The predicted octanol–water partition coefficient (Wildman–Crippen LogP) is 1.91. The van der Waals surface area contributed by atoms with Crippen molar-refractivity contribution in [3.8, 4) is 0 Å². The van der Waals surface area contributed by atoms with Gasteiger partial charge < -0.3 is 10.6 Å². The minimum Gasteiger partial charge on any atom is -0.375 e. The lowest BCUT2D eigenvalue weighted by atomic mass is 10.1. The van der Waals surface area contributed by atoms with Gasteiger partial charge in [0.25, 0.3) is 5.91 Å². The number of carbonyl (C=O) groups excluding carboxylic acids is 1. The molecular weight excluding hydrogens is 222 g/mol. The van der Waals surface area contributed by atoms with Crippen LogP contribution in [0.3, 0.4) is 0 Å². The maximum atomic E-state index is 12.1. The number of fused-ring (bicyclic) bond motifs is 1. The lowest BCUT2D eigenvalue weighted by molar-refractivity contribution is 0.0741. The van der Waals surface area contributed by atoms with Crippen molar-refractivity contribution in [1.29, 1.82) is 0 Å². The van der Waals surface area contributed by atoms with Gasteiger partial charge in [-0.25, -0.2) is 4.98 Å².